The summed E-state index contributed by atoms with van der Waals surface area (Å²) in [5, 5.41) is 6.76. The lowest BCUT2D eigenvalue weighted by molar-refractivity contribution is 0.0496. The summed E-state index contributed by atoms with van der Waals surface area (Å²) in [5.74, 6) is 1.56. The van der Waals surface area contributed by atoms with E-state index in [1.807, 2.05) is 20.8 Å². The van der Waals surface area contributed by atoms with Gasteiger partial charge in [-0.2, -0.15) is 0 Å². The van der Waals surface area contributed by atoms with Crippen molar-refractivity contribution in [2.75, 3.05) is 6.54 Å². The molecule has 2 aliphatic carbocycles. The first kappa shape index (κ1) is 17.6. The molecule has 0 aromatic carbocycles. The van der Waals surface area contributed by atoms with Gasteiger partial charge < -0.3 is 15.4 Å². The van der Waals surface area contributed by atoms with E-state index in [4.69, 9.17) is 4.74 Å². The summed E-state index contributed by atoms with van der Waals surface area (Å²) >= 11 is 0. The summed E-state index contributed by atoms with van der Waals surface area (Å²) in [5.41, 5.74) is -0.426. The fraction of sp³-hybridized carbons (Fsp3) is 0.944. The van der Waals surface area contributed by atoms with Crippen LogP contribution in [0, 0.1) is 11.8 Å². The summed E-state index contributed by atoms with van der Waals surface area (Å²) in [7, 11) is 0. The molecule has 0 aliphatic heterocycles. The second-order valence-electron chi connectivity index (χ2n) is 8.12. The van der Waals surface area contributed by atoms with Gasteiger partial charge in [0.25, 0.3) is 0 Å². The molecule has 1 amide bonds. The van der Waals surface area contributed by atoms with Crippen LogP contribution in [-0.2, 0) is 4.74 Å². The molecule has 2 rings (SSSR count). The van der Waals surface area contributed by atoms with E-state index < -0.39 is 5.60 Å². The second kappa shape index (κ2) is 7.67. The molecule has 0 aromatic heterocycles. The molecular weight excluding hydrogens is 276 g/mol. The number of hydrogen-bond donors (Lipinski definition) is 2. The lowest BCUT2D eigenvalue weighted by atomic mass is 9.84. The van der Waals surface area contributed by atoms with Gasteiger partial charge in [0.2, 0.25) is 0 Å². The van der Waals surface area contributed by atoms with Crippen molar-refractivity contribution in [3.63, 3.8) is 0 Å². The highest BCUT2D eigenvalue weighted by Gasteiger charge is 2.33. The van der Waals surface area contributed by atoms with Crippen molar-refractivity contribution in [2.45, 2.75) is 90.3 Å². The van der Waals surface area contributed by atoms with Gasteiger partial charge in [0.15, 0.2) is 0 Å². The fourth-order valence-electron chi connectivity index (χ4n) is 3.36. The van der Waals surface area contributed by atoms with Gasteiger partial charge in [-0.1, -0.05) is 13.3 Å². The minimum absolute atomic E-state index is 0.221. The van der Waals surface area contributed by atoms with Gasteiger partial charge in [0.05, 0.1) is 0 Å². The third kappa shape index (κ3) is 6.15. The Bertz CT molecular complexity index is 353. The first-order valence-electron chi connectivity index (χ1n) is 9.10. The Morgan fingerprint density at radius 3 is 2.27 bits per heavy atom. The highest BCUT2D eigenvalue weighted by atomic mass is 16.6. The van der Waals surface area contributed by atoms with E-state index in [0.717, 1.165) is 12.5 Å². The van der Waals surface area contributed by atoms with Crippen molar-refractivity contribution in [1.82, 2.24) is 10.6 Å². The summed E-state index contributed by atoms with van der Waals surface area (Å²) < 4.78 is 5.39. The predicted octanol–water partition coefficient (Wildman–Crippen LogP) is 3.85. The number of rotatable bonds is 6. The monoisotopic (exact) mass is 310 g/mol. The highest BCUT2D eigenvalue weighted by molar-refractivity contribution is 5.68. The minimum Gasteiger partial charge on any atom is -0.444 e. The molecule has 0 radical (unpaired) electrons. The van der Waals surface area contributed by atoms with E-state index in [2.05, 4.69) is 17.6 Å². The topological polar surface area (TPSA) is 50.4 Å². The normalized spacial score (nSPS) is 27.3. The molecule has 2 saturated carbocycles. The Labute approximate surface area is 135 Å². The third-order valence-electron chi connectivity index (χ3n) is 4.94. The number of carbonyl (C=O) groups excluding carboxylic acids is 1. The molecule has 0 saturated heterocycles. The van der Waals surface area contributed by atoms with Crippen LogP contribution in [0.4, 0.5) is 4.79 Å². The number of amides is 1. The Hall–Kier alpha value is -0.770. The van der Waals surface area contributed by atoms with E-state index in [1.165, 1.54) is 44.9 Å². The highest BCUT2D eigenvalue weighted by Crippen LogP contribution is 2.33. The largest absolute Gasteiger partial charge is 0.444 e. The van der Waals surface area contributed by atoms with Gasteiger partial charge in [-0.15, -0.1) is 0 Å². The molecule has 2 fully saturated rings. The maximum atomic E-state index is 12.0. The van der Waals surface area contributed by atoms with Gasteiger partial charge in [-0.25, -0.2) is 4.79 Å². The van der Waals surface area contributed by atoms with Crippen LogP contribution < -0.4 is 10.6 Å². The molecule has 0 bridgehead atoms. The number of hydrogen-bond acceptors (Lipinski definition) is 3. The van der Waals surface area contributed by atoms with Crippen LogP contribution in [0.15, 0.2) is 0 Å². The van der Waals surface area contributed by atoms with Crippen LogP contribution in [-0.4, -0.2) is 30.3 Å². The smallest absolute Gasteiger partial charge is 0.407 e. The Balaban J connectivity index is 1.72. The number of nitrogens with one attached hydrogen (secondary N) is 2. The lowest BCUT2D eigenvalue weighted by Gasteiger charge is -2.30. The van der Waals surface area contributed by atoms with Gasteiger partial charge in [-0.3, -0.25) is 0 Å². The zero-order chi connectivity index (χ0) is 16.2. The molecule has 22 heavy (non-hydrogen) atoms. The SMILES string of the molecule is CCC1CCC(NCC(NC(=O)OC(C)(C)C)C2CC2)CC1. The fourth-order valence-corrected chi connectivity index (χ4v) is 3.36. The predicted molar refractivity (Wildman–Crippen MR) is 89.9 cm³/mol. The first-order chi connectivity index (χ1) is 10.4. The van der Waals surface area contributed by atoms with Crippen LogP contribution >= 0.6 is 0 Å². The molecule has 0 spiro atoms. The van der Waals surface area contributed by atoms with Crippen LogP contribution in [0.5, 0.6) is 0 Å². The molecule has 0 aromatic rings. The molecule has 4 heteroatoms. The summed E-state index contributed by atoms with van der Waals surface area (Å²) in [6, 6.07) is 0.850. The molecule has 0 heterocycles. The van der Waals surface area contributed by atoms with Crippen LogP contribution in [0.25, 0.3) is 0 Å². The van der Waals surface area contributed by atoms with Gasteiger partial charge in [-0.05, 0) is 71.1 Å². The van der Waals surface area contributed by atoms with E-state index in [9.17, 15) is 4.79 Å². The minimum atomic E-state index is -0.426. The maximum absolute atomic E-state index is 12.0. The van der Waals surface area contributed by atoms with E-state index in [-0.39, 0.29) is 12.1 Å². The summed E-state index contributed by atoms with van der Waals surface area (Å²) in [6.07, 6.45) is 8.75. The van der Waals surface area contributed by atoms with E-state index in [1.54, 1.807) is 0 Å². The maximum Gasteiger partial charge on any atom is 0.407 e. The van der Waals surface area contributed by atoms with Crippen LogP contribution in [0.2, 0.25) is 0 Å². The quantitative estimate of drug-likeness (QED) is 0.783. The third-order valence-corrected chi connectivity index (χ3v) is 4.94. The van der Waals surface area contributed by atoms with Crippen molar-refractivity contribution < 1.29 is 9.53 Å². The van der Waals surface area contributed by atoms with E-state index in [0.29, 0.717) is 12.0 Å². The zero-order valence-corrected chi connectivity index (χ0v) is 14.8. The molecular formula is C18H34N2O2. The van der Waals surface area contributed by atoms with Crippen molar-refractivity contribution in [3.05, 3.63) is 0 Å². The molecule has 2 N–H and O–H groups in total. The van der Waals surface area contributed by atoms with Crippen molar-refractivity contribution in [1.29, 1.82) is 0 Å². The van der Waals surface area contributed by atoms with Gasteiger partial charge in [0.1, 0.15) is 5.60 Å². The second-order valence-corrected chi connectivity index (χ2v) is 8.12. The molecule has 1 unspecified atom stereocenters. The number of ether oxygens (including phenoxy) is 1. The molecule has 128 valence electrons. The molecule has 1 atom stereocenters. The summed E-state index contributed by atoms with van der Waals surface area (Å²) in [6.45, 7) is 8.90. The van der Waals surface area contributed by atoms with Crippen LogP contribution in [0.1, 0.15) is 72.6 Å². The first-order valence-corrected chi connectivity index (χ1v) is 9.10. The van der Waals surface area contributed by atoms with Crippen molar-refractivity contribution in [3.8, 4) is 0 Å². The van der Waals surface area contributed by atoms with Crippen molar-refractivity contribution >= 4 is 6.09 Å². The van der Waals surface area contributed by atoms with Crippen LogP contribution in [0.3, 0.4) is 0 Å². The average molecular weight is 310 g/mol. The molecule has 2 aliphatic rings. The summed E-state index contributed by atoms with van der Waals surface area (Å²) in [4.78, 5) is 12.0. The van der Waals surface area contributed by atoms with Gasteiger partial charge >= 0.3 is 6.09 Å². The van der Waals surface area contributed by atoms with Gasteiger partial charge in [0, 0.05) is 18.6 Å². The average Bonchev–Trinajstić information content (AvgIpc) is 3.26. The Morgan fingerprint density at radius 1 is 1.14 bits per heavy atom. The standard InChI is InChI=1S/C18H34N2O2/c1-5-13-6-10-15(11-7-13)19-12-16(14-8-9-14)20-17(21)22-18(2,3)4/h13-16,19H,5-12H2,1-4H3,(H,20,21). The Kier molecular flexibility index (Phi) is 6.13. The van der Waals surface area contributed by atoms with E-state index >= 15 is 0 Å². The number of alkyl carbamates (subject to hydrolysis) is 1. The number of carbonyl (C=O) groups is 1. The molecule has 4 nitrogen and oxygen atoms in total. The lowest BCUT2D eigenvalue weighted by Crippen LogP contribution is -2.48. The Morgan fingerprint density at radius 2 is 1.77 bits per heavy atom. The van der Waals surface area contributed by atoms with Crippen molar-refractivity contribution in [2.24, 2.45) is 11.8 Å². The zero-order valence-electron chi connectivity index (χ0n) is 14.8.